The number of carbonyl (C=O) groups excluding carboxylic acids is 1. The fourth-order valence-corrected chi connectivity index (χ4v) is 1.70. The summed E-state index contributed by atoms with van der Waals surface area (Å²) in [6, 6.07) is 9.36. The molecule has 0 spiro atoms. The minimum Gasteiger partial charge on any atom is -0.469 e. The molecule has 1 N–H and O–H groups in total. The molecule has 0 unspecified atom stereocenters. The number of aromatic nitrogens is 2. The van der Waals surface area contributed by atoms with E-state index in [9.17, 15) is 4.79 Å². The summed E-state index contributed by atoms with van der Waals surface area (Å²) in [5.74, 6) is -0.308. The minimum atomic E-state index is -0.308. The number of benzene rings is 1. The highest BCUT2D eigenvalue weighted by molar-refractivity contribution is 5.92. The number of fused-ring (bicyclic) bond motifs is 1. The lowest BCUT2D eigenvalue weighted by molar-refractivity contribution is -0.140. The zero-order valence-electron chi connectivity index (χ0n) is 10.4. The zero-order valence-corrected chi connectivity index (χ0v) is 10.4. The molecule has 0 saturated heterocycles. The molecule has 1 aromatic heterocycles. The molecule has 1 aromatic carbocycles. The summed E-state index contributed by atoms with van der Waals surface area (Å²) < 4.78 is 4.56. The van der Waals surface area contributed by atoms with Crippen LogP contribution < -0.4 is 5.32 Å². The lowest BCUT2D eigenvalue weighted by Crippen LogP contribution is -2.11. The molecule has 0 fully saturated rings. The predicted octanol–water partition coefficient (Wildman–Crippen LogP) is 1.48. The molecular formula is C13H12N4O2. The number of nitriles is 1. The molecular weight excluding hydrogens is 244 g/mol. The van der Waals surface area contributed by atoms with Crippen molar-refractivity contribution in [3.05, 3.63) is 30.0 Å². The van der Waals surface area contributed by atoms with Crippen LogP contribution in [0.5, 0.6) is 0 Å². The van der Waals surface area contributed by atoms with E-state index >= 15 is 0 Å². The average molecular weight is 256 g/mol. The van der Waals surface area contributed by atoms with Crippen molar-refractivity contribution in [1.29, 1.82) is 5.26 Å². The van der Waals surface area contributed by atoms with Gasteiger partial charge in [0.1, 0.15) is 6.07 Å². The van der Waals surface area contributed by atoms with Gasteiger partial charge in [0.25, 0.3) is 0 Å². The average Bonchev–Trinajstić information content (AvgIpc) is 2.47. The van der Waals surface area contributed by atoms with Gasteiger partial charge in [0.05, 0.1) is 24.7 Å². The zero-order chi connectivity index (χ0) is 13.7. The maximum atomic E-state index is 11.1. The maximum Gasteiger partial charge on any atom is 0.307 e. The van der Waals surface area contributed by atoms with Gasteiger partial charge in [-0.25, -0.2) is 0 Å². The van der Waals surface area contributed by atoms with Crippen molar-refractivity contribution in [3.63, 3.8) is 0 Å². The van der Waals surface area contributed by atoms with E-state index in [0.29, 0.717) is 17.7 Å². The van der Waals surface area contributed by atoms with Crippen molar-refractivity contribution in [2.45, 2.75) is 6.42 Å². The highest BCUT2D eigenvalue weighted by atomic mass is 16.5. The van der Waals surface area contributed by atoms with E-state index in [1.54, 1.807) is 0 Å². The molecule has 6 nitrogen and oxygen atoms in total. The molecule has 19 heavy (non-hydrogen) atoms. The number of hydrogen-bond donors (Lipinski definition) is 1. The first-order valence-electron chi connectivity index (χ1n) is 5.72. The van der Waals surface area contributed by atoms with Gasteiger partial charge in [-0.05, 0) is 6.07 Å². The van der Waals surface area contributed by atoms with Crippen LogP contribution in [0.1, 0.15) is 12.1 Å². The molecule has 0 radical (unpaired) electrons. The van der Waals surface area contributed by atoms with Gasteiger partial charge in [-0.3, -0.25) is 4.79 Å². The van der Waals surface area contributed by atoms with Crippen molar-refractivity contribution in [3.8, 4) is 6.07 Å². The van der Waals surface area contributed by atoms with E-state index in [1.807, 2.05) is 30.3 Å². The Kier molecular flexibility index (Phi) is 3.88. The van der Waals surface area contributed by atoms with Crippen molar-refractivity contribution < 1.29 is 9.53 Å². The molecule has 0 bridgehead atoms. The van der Waals surface area contributed by atoms with Gasteiger partial charge >= 0.3 is 5.97 Å². The molecule has 0 aliphatic rings. The standard InChI is InChI=1S/C13H12N4O2/c1-19-12(18)6-7-15-13-9-4-2-3-5-10(9)16-17-11(13)8-14/h2-5H,6-7H2,1H3,(H,15,16). The number of carbonyl (C=O) groups is 1. The molecule has 0 saturated carbocycles. The molecule has 2 rings (SSSR count). The molecule has 6 heteroatoms. The van der Waals surface area contributed by atoms with E-state index < -0.39 is 0 Å². The number of hydrogen-bond acceptors (Lipinski definition) is 6. The van der Waals surface area contributed by atoms with E-state index in [2.05, 4.69) is 20.3 Å². The van der Waals surface area contributed by atoms with E-state index in [4.69, 9.17) is 5.26 Å². The van der Waals surface area contributed by atoms with Crippen LogP contribution in [0.2, 0.25) is 0 Å². The second kappa shape index (κ2) is 5.78. The first-order valence-corrected chi connectivity index (χ1v) is 5.72. The molecule has 0 aliphatic heterocycles. The number of nitrogens with zero attached hydrogens (tertiary/aromatic N) is 3. The number of anilines is 1. The second-order valence-electron chi connectivity index (χ2n) is 3.81. The van der Waals surface area contributed by atoms with Gasteiger partial charge in [0.2, 0.25) is 0 Å². The van der Waals surface area contributed by atoms with Crippen molar-refractivity contribution >= 4 is 22.6 Å². The Balaban J connectivity index is 2.29. The lowest BCUT2D eigenvalue weighted by atomic mass is 10.1. The quantitative estimate of drug-likeness (QED) is 0.833. The van der Waals surface area contributed by atoms with Gasteiger partial charge in [-0.15, -0.1) is 10.2 Å². The summed E-state index contributed by atoms with van der Waals surface area (Å²) in [4.78, 5) is 11.1. The van der Waals surface area contributed by atoms with E-state index in [0.717, 1.165) is 5.39 Å². The third-order valence-electron chi connectivity index (χ3n) is 2.63. The number of nitrogens with one attached hydrogen (secondary N) is 1. The summed E-state index contributed by atoms with van der Waals surface area (Å²) in [6.45, 7) is 0.372. The maximum absolute atomic E-state index is 11.1. The molecule has 96 valence electrons. The molecule has 0 aliphatic carbocycles. The molecule has 0 atom stereocenters. The normalized spacial score (nSPS) is 9.89. The highest BCUT2D eigenvalue weighted by Gasteiger charge is 2.10. The molecule has 1 heterocycles. The Hall–Kier alpha value is -2.68. The summed E-state index contributed by atoms with van der Waals surface area (Å²) in [5, 5.41) is 20.7. The molecule has 2 aromatic rings. The Morgan fingerprint density at radius 2 is 2.21 bits per heavy atom. The van der Waals surface area contributed by atoms with Crippen LogP contribution in [0.4, 0.5) is 5.69 Å². The third-order valence-corrected chi connectivity index (χ3v) is 2.63. The Bertz CT molecular complexity index is 649. The largest absolute Gasteiger partial charge is 0.469 e. The minimum absolute atomic E-state index is 0.212. The Morgan fingerprint density at radius 3 is 2.95 bits per heavy atom. The number of ether oxygens (including phenoxy) is 1. The van der Waals surface area contributed by atoms with Crippen LogP contribution in [0, 0.1) is 11.3 Å². The number of esters is 1. The first kappa shape index (κ1) is 12.8. The second-order valence-corrected chi connectivity index (χ2v) is 3.81. The van der Waals surface area contributed by atoms with Gasteiger partial charge < -0.3 is 10.1 Å². The van der Waals surface area contributed by atoms with Crippen LogP contribution in [0.15, 0.2) is 24.3 Å². The lowest BCUT2D eigenvalue weighted by Gasteiger charge is -2.09. The van der Waals surface area contributed by atoms with Gasteiger partial charge in [-0.1, -0.05) is 18.2 Å². The fraction of sp³-hybridized carbons (Fsp3) is 0.231. The predicted molar refractivity (Wildman–Crippen MR) is 69.4 cm³/mol. The SMILES string of the molecule is COC(=O)CCNc1c(C#N)nnc2ccccc12. The van der Waals surface area contributed by atoms with Crippen LogP contribution in [-0.2, 0) is 9.53 Å². The summed E-state index contributed by atoms with van der Waals surface area (Å²) >= 11 is 0. The number of methoxy groups -OCH3 is 1. The highest BCUT2D eigenvalue weighted by Crippen LogP contribution is 2.23. The first-order chi connectivity index (χ1) is 9.26. The number of rotatable bonds is 4. The Morgan fingerprint density at radius 1 is 1.42 bits per heavy atom. The van der Waals surface area contributed by atoms with Crippen molar-refractivity contribution in [2.24, 2.45) is 0 Å². The summed E-state index contributed by atoms with van der Waals surface area (Å²) in [5.41, 5.74) is 1.50. The van der Waals surface area contributed by atoms with Crippen LogP contribution >= 0.6 is 0 Å². The van der Waals surface area contributed by atoms with Gasteiger partial charge in [0.15, 0.2) is 5.69 Å². The van der Waals surface area contributed by atoms with Gasteiger partial charge in [-0.2, -0.15) is 5.26 Å². The monoisotopic (exact) mass is 256 g/mol. The molecule has 0 amide bonds. The smallest absolute Gasteiger partial charge is 0.307 e. The third kappa shape index (κ3) is 2.77. The fourth-order valence-electron chi connectivity index (χ4n) is 1.70. The van der Waals surface area contributed by atoms with Crippen LogP contribution in [0.3, 0.4) is 0 Å². The Labute approximate surface area is 110 Å². The summed E-state index contributed by atoms with van der Waals surface area (Å²) in [7, 11) is 1.34. The van der Waals surface area contributed by atoms with Crippen LogP contribution in [0.25, 0.3) is 10.9 Å². The van der Waals surface area contributed by atoms with Crippen molar-refractivity contribution in [1.82, 2.24) is 10.2 Å². The van der Waals surface area contributed by atoms with Crippen molar-refractivity contribution in [2.75, 3.05) is 19.0 Å². The van der Waals surface area contributed by atoms with Crippen LogP contribution in [-0.4, -0.2) is 29.8 Å². The van der Waals surface area contributed by atoms with Gasteiger partial charge in [0, 0.05) is 11.9 Å². The van der Waals surface area contributed by atoms with E-state index in [-0.39, 0.29) is 18.1 Å². The van der Waals surface area contributed by atoms with E-state index in [1.165, 1.54) is 7.11 Å². The summed E-state index contributed by atoms with van der Waals surface area (Å²) in [6.07, 6.45) is 0.220. The topological polar surface area (TPSA) is 87.9 Å².